The highest BCUT2D eigenvalue weighted by molar-refractivity contribution is 5.77. The van der Waals surface area contributed by atoms with Gasteiger partial charge in [0.2, 0.25) is 0 Å². The van der Waals surface area contributed by atoms with Gasteiger partial charge in [0.25, 0.3) is 5.91 Å². The number of benzene rings is 2. The third-order valence-corrected chi connectivity index (χ3v) is 4.11. The van der Waals surface area contributed by atoms with Gasteiger partial charge < -0.3 is 19.9 Å². The van der Waals surface area contributed by atoms with Gasteiger partial charge in [0.05, 0.1) is 6.04 Å². The Morgan fingerprint density at radius 1 is 1.08 bits per heavy atom. The number of carbonyl (C=O) groups excluding carboxylic acids is 1. The molecule has 0 aliphatic carbocycles. The van der Waals surface area contributed by atoms with Crippen molar-refractivity contribution in [1.29, 1.82) is 0 Å². The van der Waals surface area contributed by atoms with Gasteiger partial charge in [0.1, 0.15) is 0 Å². The molecule has 0 heterocycles. The van der Waals surface area contributed by atoms with Gasteiger partial charge in [0, 0.05) is 26.3 Å². The van der Waals surface area contributed by atoms with Gasteiger partial charge >= 0.3 is 0 Å². The minimum absolute atomic E-state index is 0.0311. The van der Waals surface area contributed by atoms with E-state index in [4.69, 9.17) is 4.74 Å². The Hall–Kier alpha value is -2.60. The normalized spacial score (nSPS) is 11.9. The second-order valence-electron chi connectivity index (χ2n) is 6.49. The standard InChI is InChI=1S/C20H26FN3O2/c1-23(2)16-11-9-15(10-12-16)18(24(3)4)13-22-20(25)14-26-19-8-6-5-7-17(19)21/h5-12,18H,13-14H2,1-4H3,(H,22,25)/t18-/m1/s1. The van der Waals surface area contributed by atoms with Crippen LogP contribution in [0.5, 0.6) is 5.75 Å². The molecule has 5 nitrogen and oxygen atoms in total. The monoisotopic (exact) mass is 359 g/mol. The summed E-state index contributed by atoms with van der Waals surface area (Å²) in [5.41, 5.74) is 2.23. The van der Waals surface area contributed by atoms with Crippen LogP contribution in [0, 0.1) is 5.82 Å². The van der Waals surface area contributed by atoms with Crippen LogP contribution in [0.2, 0.25) is 0 Å². The third-order valence-electron chi connectivity index (χ3n) is 4.11. The van der Waals surface area contributed by atoms with Crippen LogP contribution in [0.3, 0.4) is 0 Å². The zero-order valence-corrected chi connectivity index (χ0v) is 15.7. The number of ether oxygens (including phenoxy) is 1. The summed E-state index contributed by atoms with van der Waals surface area (Å²) in [6.07, 6.45) is 0. The van der Waals surface area contributed by atoms with Crippen LogP contribution in [0.25, 0.3) is 0 Å². The first-order valence-electron chi connectivity index (χ1n) is 8.46. The highest BCUT2D eigenvalue weighted by atomic mass is 19.1. The van der Waals surface area contributed by atoms with E-state index in [1.807, 2.05) is 38.0 Å². The van der Waals surface area contributed by atoms with Crippen molar-refractivity contribution in [3.63, 3.8) is 0 Å². The van der Waals surface area contributed by atoms with Gasteiger partial charge in [0.15, 0.2) is 18.2 Å². The average molecular weight is 359 g/mol. The smallest absolute Gasteiger partial charge is 0.258 e. The Bertz CT molecular complexity index is 717. The molecule has 0 bridgehead atoms. The molecule has 6 heteroatoms. The number of hydrogen-bond acceptors (Lipinski definition) is 4. The zero-order valence-electron chi connectivity index (χ0n) is 15.7. The Morgan fingerprint density at radius 3 is 2.31 bits per heavy atom. The van der Waals surface area contributed by atoms with Crippen LogP contribution >= 0.6 is 0 Å². The number of para-hydroxylation sites is 1. The maximum atomic E-state index is 13.5. The minimum Gasteiger partial charge on any atom is -0.481 e. The van der Waals surface area contributed by atoms with Crippen molar-refractivity contribution in [1.82, 2.24) is 10.2 Å². The lowest BCUT2D eigenvalue weighted by Gasteiger charge is -2.25. The number of rotatable bonds is 8. The number of carbonyl (C=O) groups is 1. The molecule has 0 saturated heterocycles. The van der Waals surface area contributed by atoms with Gasteiger partial charge in [-0.2, -0.15) is 0 Å². The highest BCUT2D eigenvalue weighted by Crippen LogP contribution is 2.21. The molecule has 0 aliphatic heterocycles. The summed E-state index contributed by atoms with van der Waals surface area (Å²) in [5.74, 6) is -0.691. The van der Waals surface area contributed by atoms with Gasteiger partial charge in [-0.3, -0.25) is 4.79 Å². The number of halogens is 1. The van der Waals surface area contributed by atoms with Crippen LogP contribution < -0.4 is 15.0 Å². The molecular weight excluding hydrogens is 333 g/mol. The largest absolute Gasteiger partial charge is 0.481 e. The molecule has 1 N–H and O–H groups in total. The van der Waals surface area contributed by atoms with E-state index in [1.54, 1.807) is 12.1 Å². The molecule has 2 aromatic rings. The topological polar surface area (TPSA) is 44.8 Å². The van der Waals surface area contributed by atoms with Crippen LogP contribution in [-0.2, 0) is 4.79 Å². The highest BCUT2D eigenvalue weighted by Gasteiger charge is 2.16. The molecule has 1 amide bonds. The second-order valence-corrected chi connectivity index (χ2v) is 6.49. The molecule has 2 aromatic carbocycles. The van der Waals surface area contributed by atoms with Crippen molar-refractivity contribution in [2.75, 3.05) is 46.2 Å². The summed E-state index contributed by atoms with van der Waals surface area (Å²) in [7, 11) is 7.92. The van der Waals surface area contributed by atoms with E-state index in [1.165, 1.54) is 12.1 Å². The number of hydrogen-bond donors (Lipinski definition) is 1. The van der Waals surface area contributed by atoms with Crippen LogP contribution in [0.15, 0.2) is 48.5 Å². The second kappa shape index (κ2) is 9.20. The Labute approximate surface area is 154 Å². The number of likely N-dealkylation sites (N-methyl/N-ethyl adjacent to an activating group) is 1. The fourth-order valence-electron chi connectivity index (χ4n) is 2.56. The van der Waals surface area contributed by atoms with Crippen molar-refractivity contribution in [2.24, 2.45) is 0 Å². The van der Waals surface area contributed by atoms with Crippen molar-refractivity contribution in [2.45, 2.75) is 6.04 Å². The SMILES string of the molecule is CN(C)c1ccc([C@@H](CNC(=O)COc2ccccc2F)N(C)C)cc1. The quantitative estimate of drug-likeness (QED) is 0.787. The summed E-state index contributed by atoms with van der Waals surface area (Å²) in [4.78, 5) is 16.1. The predicted octanol–water partition coefficient (Wildman–Crippen LogP) is 2.69. The summed E-state index contributed by atoms with van der Waals surface area (Å²) in [5, 5.41) is 2.85. The lowest BCUT2D eigenvalue weighted by Crippen LogP contribution is -2.37. The lowest BCUT2D eigenvalue weighted by atomic mass is 10.1. The van der Waals surface area contributed by atoms with E-state index in [-0.39, 0.29) is 24.3 Å². The predicted molar refractivity (Wildman–Crippen MR) is 102 cm³/mol. The maximum absolute atomic E-state index is 13.5. The van der Waals surface area contributed by atoms with Gasteiger partial charge in [-0.1, -0.05) is 24.3 Å². The van der Waals surface area contributed by atoms with Crippen LogP contribution in [-0.4, -0.2) is 52.1 Å². The summed E-state index contributed by atoms with van der Waals surface area (Å²) in [6.45, 7) is 0.217. The first-order valence-corrected chi connectivity index (χ1v) is 8.46. The van der Waals surface area contributed by atoms with Crippen LogP contribution in [0.1, 0.15) is 11.6 Å². The molecular formula is C20H26FN3O2. The molecule has 0 fully saturated rings. The van der Waals surface area contributed by atoms with Crippen molar-refractivity contribution in [3.8, 4) is 5.75 Å². The molecule has 2 rings (SSSR count). The minimum atomic E-state index is -0.479. The number of amides is 1. The Morgan fingerprint density at radius 2 is 1.73 bits per heavy atom. The van der Waals surface area contributed by atoms with E-state index in [0.29, 0.717) is 6.54 Å². The first-order chi connectivity index (χ1) is 12.4. The number of nitrogens with zero attached hydrogens (tertiary/aromatic N) is 2. The van der Waals surface area contributed by atoms with Crippen LogP contribution in [0.4, 0.5) is 10.1 Å². The van der Waals surface area contributed by atoms with E-state index < -0.39 is 5.82 Å². The number of anilines is 1. The molecule has 26 heavy (non-hydrogen) atoms. The van der Waals surface area contributed by atoms with Gasteiger partial charge in [-0.15, -0.1) is 0 Å². The molecule has 1 atom stereocenters. The Kier molecular flexibility index (Phi) is 6.97. The summed E-state index contributed by atoms with van der Waals surface area (Å²) in [6, 6.07) is 14.3. The van der Waals surface area contributed by atoms with Gasteiger partial charge in [-0.05, 0) is 43.9 Å². The lowest BCUT2D eigenvalue weighted by molar-refractivity contribution is -0.123. The molecule has 0 radical (unpaired) electrons. The summed E-state index contributed by atoms with van der Waals surface area (Å²) < 4.78 is 18.7. The maximum Gasteiger partial charge on any atom is 0.258 e. The molecule has 140 valence electrons. The summed E-state index contributed by atoms with van der Waals surface area (Å²) >= 11 is 0. The molecule has 0 aromatic heterocycles. The van der Waals surface area contributed by atoms with Crippen molar-refractivity contribution < 1.29 is 13.9 Å². The third kappa shape index (κ3) is 5.46. The van der Waals surface area contributed by atoms with E-state index in [9.17, 15) is 9.18 Å². The van der Waals surface area contributed by atoms with Crippen molar-refractivity contribution in [3.05, 3.63) is 59.9 Å². The number of nitrogens with one attached hydrogen (secondary N) is 1. The zero-order chi connectivity index (χ0) is 19.1. The van der Waals surface area contributed by atoms with E-state index in [2.05, 4.69) is 29.6 Å². The fraction of sp³-hybridized carbons (Fsp3) is 0.350. The molecule has 0 saturated carbocycles. The molecule has 0 aliphatic rings. The van der Waals surface area contributed by atoms with Gasteiger partial charge in [-0.25, -0.2) is 4.39 Å². The molecule has 0 spiro atoms. The van der Waals surface area contributed by atoms with E-state index in [0.717, 1.165) is 11.3 Å². The van der Waals surface area contributed by atoms with Crippen molar-refractivity contribution >= 4 is 11.6 Å². The molecule has 0 unspecified atom stereocenters. The van der Waals surface area contributed by atoms with E-state index >= 15 is 0 Å². The Balaban J connectivity index is 1.91. The fourth-order valence-corrected chi connectivity index (χ4v) is 2.56. The first kappa shape index (κ1) is 19.7. The average Bonchev–Trinajstić information content (AvgIpc) is 2.61.